The Morgan fingerprint density at radius 3 is 2.42 bits per heavy atom. The number of carbonyl (C=O) groups is 1. The van der Waals surface area contributed by atoms with E-state index in [0.717, 1.165) is 17.9 Å². The second-order valence-electron chi connectivity index (χ2n) is 7.00. The molecular formula is C17H23NO. The summed E-state index contributed by atoms with van der Waals surface area (Å²) >= 11 is 0. The van der Waals surface area contributed by atoms with Crippen LogP contribution in [0.4, 0.5) is 0 Å². The Morgan fingerprint density at radius 2 is 1.89 bits per heavy atom. The third kappa shape index (κ3) is 1.73. The largest absolute Gasteiger partial charge is 0.349 e. The maximum atomic E-state index is 12.3. The molecule has 2 heteroatoms. The smallest absolute Gasteiger partial charge is 0.251 e. The van der Waals surface area contributed by atoms with Gasteiger partial charge in [-0.3, -0.25) is 4.79 Å². The highest BCUT2D eigenvalue weighted by Gasteiger charge is 2.61. The molecule has 0 radical (unpaired) electrons. The molecule has 2 aliphatic carbocycles. The van der Waals surface area contributed by atoms with Crippen molar-refractivity contribution < 1.29 is 4.79 Å². The molecule has 0 aliphatic heterocycles. The highest BCUT2D eigenvalue weighted by Crippen LogP contribution is 2.65. The first-order valence-corrected chi connectivity index (χ1v) is 7.31. The van der Waals surface area contributed by atoms with Crippen molar-refractivity contribution in [1.82, 2.24) is 5.32 Å². The third-order valence-electron chi connectivity index (χ3n) is 6.14. The van der Waals surface area contributed by atoms with E-state index in [2.05, 4.69) is 26.1 Å². The number of nitrogens with one attached hydrogen (secondary N) is 1. The van der Waals surface area contributed by atoms with E-state index in [1.165, 1.54) is 12.8 Å². The zero-order chi connectivity index (χ0) is 13.7. The molecule has 1 N–H and O–H groups in total. The summed E-state index contributed by atoms with van der Waals surface area (Å²) in [5.41, 5.74) is 1.37. The van der Waals surface area contributed by atoms with Gasteiger partial charge in [-0.05, 0) is 48.1 Å². The van der Waals surface area contributed by atoms with E-state index in [1.807, 2.05) is 30.3 Å². The maximum absolute atomic E-state index is 12.3. The number of fused-ring (bicyclic) bond motifs is 2. The second-order valence-corrected chi connectivity index (χ2v) is 7.00. The van der Waals surface area contributed by atoms with Gasteiger partial charge >= 0.3 is 0 Å². The van der Waals surface area contributed by atoms with Crippen molar-refractivity contribution in [2.24, 2.45) is 16.7 Å². The molecule has 1 aromatic carbocycles. The molecule has 0 unspecified atom stereocenters. The summed E-state index contributed by atoms with van der Waals surface area (Å²) in [5, 5.41) is 3.28. The molecule has 0 spiro atoms. The van der Waals surface area contributed by atoms with E-state index in [9.17, 15) is 4.79 Å². The van der Waals surface area contributed by atoms with Crippen LogP contribution < -0.4 is 5.32 Å². The average Bonchev–Trinajstić information content (AvgIpc) is 2.73. The van der Waals surface area contributed by atoms with E-state index in [-0.39, 0.29) is 11.3 Å². The zero-order valence-electron chi connectivity index (χ0n) is 12.1. The SMILES string of the molecule is CC1(C)[C@H]2CC[C@]1(C)[C@H](NC(=O)c1ccccc1)C2. The summed E-state index contributed by atoms with van der Waals surface area (Å²) in [6, 6.07) is 9.88. The Hall–Kier alpha value is -1.31. The molecule has 2 aliphatic rings. The number of carbonyl (C=O) groups excluding carboxylic acids is 1. The molecule has 102 valence electrons. The molecule has 1 aromatic rings. The van der Waals surface area contributed by atoms with Crippen molar-refractivity contribution in [3.8, 4) is 0 Å². The minimum Gasteiger partial charge on any atom is -0.349 e. The average molecular weight is 257 g/mol. The summed E-state index contributed by atoms with van der Waals surface area (Å²) in [7, 11) is 0. The van der Waals surface area contributed by atoms with Crippen molar-refractivity contribution in [2.75, 3.05) is 0 Å². The maximum Gasteiger partial charge on any atom is 0.251 e. The van der Waals surface area contributed by atoms with Gasteiger partial charge in [0.1, 0.15) is 0 Å². The molecular weight excluding hydrogens is 234 g/mol. The lowest BCUT2D eigenvalue weighted by molar-refractivity contribution is 0.0826. The minimum atomic E-state index is 0.0789. The van der Waals surface area contributed by atoms with Crippen LogP contribution >= 0.6 is 0 Å². The Bertz CT molecular complexity index is 493. The summed E-state index contributed by atoms with van der Waals surface area (Å²) in [5.74, 6) is 0.841. The number of benzene rings is 1. The van der Waals surface area contributed by atoms with Crippen LogP contribution in [0.5, 0.6) is 0 Å². The van der Waals surface area contributed by atoms with Crippen LogP contribution in [0.2, 0.25) is 0 Å². The van der Waals surface area contributed by atoms with E-state index >= 15 is 0 Å². The van der Waals surface area contributed by atoms with Crippen LogP contribution in [0.3, 0.4) is 0 Å². The summed E-state index contributed by atoms with van der Waals surface area (Å²) in [4.78, 5) is 12.3. The topological polar surface area (TPSA) is 29.1 Å². The molecule has 0 aromatic heterocycles. The van der Waals surface area contributed by atoms with E-state index < -0.39 is 0 Å². The van der Waals surface area contributed by atoms with E-state index in [4.69, 9.17) is 0 Å². The van der Waals surface area contributed by atoms with Crippen LogP contribution in [-0.4, -0.2) is 11.9 Å². The van der Waals surface area contributed by atoms with Crippen LogP contribution in [0.15, 0.2) is 30.3 Å². The van der Waals surface area contributed by atoms with Gasteiger partial charge in [0.15, 0.2) is 0 Å². The second kappa shape index (κ2) is 4.09. The standard InChI is InChI=1S/C17H23NO/c1-16(2)13-9-10-17(16,3)14(11-13)18-15(19)12-7-5-4-6-8-12/h4-8,13-14H,9-11H2,1-3H3,(H,18,19)/t13-,14+,17+/m0/s1. The molecule has 0 saturated heterocycles. The fraction of sp³-hybridized carbons (Fsp3) is 0.588. The summed E-state index contributed by atoms with van der Waals surface area (Å²) in [6.45, 7) is 7.11. The monoisotopic (exact) mass is 257 g/mol. The number of rotatable bonds is 2. The molecule has 2 bridgehead atoms. The van der Waals surface area contributed by atoms with Crippen molar-refractivity contribution in [1.29, 1.82) is 0 Å². The van der Waals surface area contributed by atoms with E-state index in [1.54, 1.807) is 0 Å². The van der Waals surface area contributed by atoms with Gasteiger partial charge < -0.3 is 5.32 Å². The van der Waals surface area contributed by atoms with Gasteiger partial charge in [-0.2, -0.15) is 0 Å². The van der Waals surface area contributed by atoms with Gasteiger partial charge in [-0.1, -0.05) is 39.0 Å². The lowest BCUT2D eigenvalue weighted by atomic mass is 9.69. The lowest BCUT2D eigenvalue weighted by Gasteiger charge is -2.39. The normalized spacial score (nSPS) is 35.3. The molecule has 3 atom stereocenters. The number of amides is 1. The quantitative estimate of drug-likeness (QED) is 0.861. The first kappa shape index (κ1) is 12.7. The molecule has 2 nitrogen and oxygen atoms in total. The number of hydrogen-bond acceptors (Lipinski definition) is 1. The summed E-state index contributed by atoms with van der Waals surface area (Å²) in [6.07, 6.45) is 3.70. The first-order valence-electron chi connectivity index (χ1n) is 7.31. The Morgan fingerprint density at radius 1 is 1.21 bits per heavy atom. The number of hydrogen-bond donors (Lipinski definition) is 1. The molecule has 3 rings (SSSR count). The van der Waals surface area contributed by atoms with Gasteiger partial charge in [0.25, 0.3) is 5.91 Å². The van der Waals surface area contributed by atoms with Crippen LogP contribution in [0, 0.1) is 16.7 Å². The van der Waals surface area contributed by atoms with Gasteiger partial charge in [0.05, 0.1) is 0 Å². The molecule has 2 fully saturated rings. The third-order valence-corrected chi connectivity index (χ3v) is 6.14. The Labute approximate surface area is 115 Å². The van der Waals surface area contributed by atoms with Crippen molar-refractivity contribution >= 4 is 5.91 Å². The fourth-order valence-corrected chi connectivity index (χ4v) is 4.25. The minimum absolute atomic E-state index is 0.0789. The van der Waals surface area contributed by atoms with Crippen molar-refractivity contribution in [2.45, 2.75) is 46.1 Å². The molecule has 0 heterocycles. The Kier molecular flexibility index (Phi) is 2.74. The van der Waals surface area contributed by atoms with E-state index in [0.29, 0.717) is 11.5 Å². The molecule has 19 heavy (non-hydrogen) atoms. The lowest BCUT2D eigenvalue weighted by Crippen LogP contribution is -2.46. The fourth-order valence-electron chi connectivity index (χ4n) is 4.25. The predicted molar refractivity (Wildman–Crippen MR) is 76.9 cm³/mol. The van der Waals surface area contributed by atoms with Crippen LogP contribution in [0.1, 0.15) is 50.4 Å². The Balaban J connectivity index is 1.78. The van der Waals surface area contributed by atoms with Gasteiger partial charge in [0, 0.05) is 11.6 Å². The highest BCUT2D eigenvalue weighted by molar-refractivity contribution is 5.94. The van der Waals surface area contributed by atoms with Crippen LogP contribution in [-0.2, 0) is 0 Å². The first-order chi connectivity index (χ1) is 8.95. The zero-order valence-corrected chi connectivity index (χ0v) is 12.1. The van der Waals surface area contributed by atoms with Crippen molar-refractivity contribution in [3.05, 3.63) is 35.9 Å². The van der Waals surface area contributed by atoms with Crippen LogP contribution in [0.25, 0.3) is 0 Å². The molecule has 1 amide bonds. The predicted octanol–water partition coefficient (Wildman–Crippen LogP) is 3.63. The summed E-state index contributed by atoms with van der Waals surface area (Å²) < 4.78 is 0. The highest BCUT2D eigenvalue weighted by atomic mass is 16.1. The van der Waals surface area contributed by atoms with Gasteiger partial charge in [0.2, 0.25) is 0 Å². The van der Waals surface area contributed by atoms with Gasteiger partial charge in [-0.15, -0.1) is 0 Å². The molecule has 2 saturated carbocycles. The van der Waals surface area contributed by atoms with Gasteiger partial charge in [-0.25, -0.2) is 0 Å². The van der Waals surface area contributed by atoms with Crippen molar-refractivity contribution in [3.63, 3.8) is 0 Å².